The summed E-state index contributed by atoms with van der Waals surface area (Å²) in [6.45, 7) is 4.00. The van der Waals surface area contributed by atoms with E-state index in [-0.39, 0.29) is 23.8 Å². The Balaban J connectivity index is 2.93. The van der Waals surface area contributed by atoms with Crippen molar-refractivity contribution in [3.05, 3.63) is 21.6 Å². The Kier molecular flexibility index (Phi) is 5.40. The van der Waals surface area contributed by atoms with Crippen molar-refractivity contribution < 1.29 is 5.11 Å². The van der Waals surface area contributed by atoms with Crippen molar-refractivity contribution in [2.24, 2.45) is 0 Å². The smallest absolute Gasteiger partial charge is 0.292 e. The third-order valence-corrected chi connectivity index (χ3v) is 2.96. The highest BCUT2D eigenvalue weighted by Crippen LogP contribution is 2.18. The third kappa shape index (κ3) is 4.27. The first kappa shape index (κ1) is 15.5. The van der Waals surface area contributed by atoms with E-state index in [9.17, 15) is 9.90 Å². The minimum absolute atomic E-state index is 0.0794. The van der Waals surface area contributed by atoms with Crippen LogP contribution in [0.5, 0.6) is 0 Å². The molecule has 5 nitrogen and oxygen atoms in total. The zero-order valence-electron chi connectivity index (χ0n) is 11.1. The van der Waals surface area contributed by atoms with Gasteiger partial charge in [-0.1, -0.05) is 30.9 Å². The van der Waals surface area contributed by atoms with Gasteiger partial charge in [-0.25, -0.2) is 4.68 Å². The fraction of sp³-hybridized carbons (Fsp3) is 0.538. The molecule has 0 saturated heterocycles. The maximum absolute atomic E-state index is 12.0. The predicted octanol–water partition coefficient (Wildman–Crippen LogP) is 1.49. The van der Waals surface area contributed by atoms with Crippen LogP contribution < -0.4 is 10.9 Å². The van der Waals surface area contributed by atoms with E-state index in [1.165, 1.54) is 6.20 Å². The van der Waals surface area contributed by atoms with Gasteiger partial charge in [-0.3, -0.25) is 4.79 Å². The molecule has 0 aliphatic heterocycles. The second kappa shape index (κ2) is 6.60. The fourth-order valence-electron chi connectivity index (χ4n) is 1.73. The Morgan fingerprint density at radius 1 is 1.68 bits per heavy atom. The Morgan fingerprint density at radius 2 is 2.37 bits per heavy atom. The Bertz CT molecular complexity index is 532. The van der Waals surface area contributed by atoms with E-state index in [1.54, 1.807) is 6.92 Å². The Hall–Kier alpha value is -1.51. The molecule has 104 valence electrons. The van der Waals surface area contributed by atoms with Crippen molar-refractivity contribution >= 4 is 17.3 Å². The summed E-state index contributed by atoms with van der Waals surface area (Å²) in [6.07, 6.45) is 7.99. The van der Waals surface area contributed by atoms with Gasteiger partial charge in [0.25, 0.3) is 5.56 Å². The standard InChI is InChI=1S/C13H18ClN3O2/c1-4-6-13(3,19)9-15-11-10(14)8-16-17(7-5-2)12(11)18/h2,8,15,19H,4,6-7,9H2,1,3H3. The number of anilines is 1. The van der Waals surface area contributed by atoms with Crippen LogP contribution in [0.1, 0.15) is 26.7 Å². The zero-order chi connectivity index (χ0) is 14.5. The van der Waals surface area contributed by atoms with Crippen molar-refractivity contribution in [1.82, 2.24) is 9.78 Å². The molecule has 19 heavy (non-hydrogen) atoms. The average Bonchev–Trinajstić information content (AvgIpc) is 2.32. The van der Waals surface area contributed by atoms with Gasteiger partial charge in [-0.15, -0.1) is 6.42 Å². The van der Waals surface area contributed by atoms with E-state index in [0.29, 0.717) is 6.42 Å². The van der Waals surface area contributed by atoms with Gasteiger partial charge in [-0.2, -0.15) is 5.10 Å². The number of nitrogens with one attached hydrogen (secondary N) is 1. The fourth-order valence-corrected chi connectivity index (χ4v) is 1.92. The molecule has 2 N–H and O–H groups in total. The van der Waals surface area contributed by atoms with Gasteiger partial charge in [-0.05, 0) is 13.3 Å². The van der Waals surface area contributed by atoms with Gasteiger partial charge in [0.2, 0.25) is 0 Å². The summed E-state index contributed by atoms with van der Waals surface area (Å²) in [5.74, 6) is 2.34. The van der Waals surface area contributed by atoms with Gasteiger partial charge in [0.1, 0.15) is 12.2 Å². The summed E-state index contributed by atoms with van der Waals surface area (Å²) in [5, 5.41) is 17.0. The molecule has 1 unspecified atom stereocenters. The first-order chi connectivity index (χ1) is 8.91. The molecule has 1 atom stereocenters. The number of terminal acetylenes is 1. The first-order valence-corrected chi connectivity index (χ1v) is 6.44. The molecule has 1 aromatic heterocycles. The number of rotatable bonds is 6. The lowest BCUT2D eigenvalue weighted by atomic mass is 10.0. The van der Waals surface area contributed by atoms with Gasteiger partial charge < -0.3 is 10.4 Å². The lowest BCUT2D eigenvalue weighted by Crippen LogP contribution is -2.35. The molecule has 0 amide bonds. The summed E-state index contributed by atoms with van der Waals surface area (Å²) in [6, 6.07) is 0. The van der Waals surface area contributed by atoms with Crippen molar-refractivity contribution in [2.45, 2.75) is 38.8 Å². The normalized spacial score (nSPS) is 13.6. The van der Waals surface area contributed by atoms with Crippen molar-refractivity contribution in [3.8, 4) is 12.3 Å². The molecule has 0 spiro atoms. The molecule has 0 fully saturated rings. The number of hydrogen-bond acceptors (Lipinski definition) is 4. The molecule has 0 saturated carbocycles. The number of halogens is 1. The van der Waals surface area contributed by atoms with Crippen molar-refractivity contribution in [2.75, 3.05) is 11.9 Å². The number of aliphatic hydroxyl groups is 1. The topological polar surface area (TPSA) is 67.2 Å². The van der Waals surface area contributed by atoms with E-state index in [1.807, 2.05) is 6.92 Å². The maximum Gasteiger partial charge on any atom is 0.292 e. The lowest BCUT2D eigenvalue weighted by molar-refractivity contribution is 0.0636. The van der Waals surface area contributed by atoms with E-state index >= 15 is 0 Å². The number of nitrogens with zero attached hydrogens (tertiary/aromatic N) is 2. The highest BCUT2D eigenvalue weighted by atomic mass is 35.5. The maximum atomic E-state index is 12.0. The van der Waals surface area contributed by atoms with Crippen LogP contribution in [-0.2, 0) is 6.54 Å². The van der Waals surface area contributed by atoms with E-state index in [4.69, 9.17) is 18.0 Å². The minimum Gasteiger partial charge on any atom is -0.388 e. The van der Waals surface area contributed by atoms with E-state index < -0.39 is 11.2 Å². The molecule has 0 aliphatic rings. The van der Waals surface area contributed by atoms with Crippen LogP contribution in [0.2, 0.25) is 5.02 Å². The van der Waals surface area contributed by atoms with Crippen LogP contribution in [0.3, 0.4) is 0 Å². The third-order valence-electron chi connectivity index (χ3n) is 2.67. The molecule has 6 heteroatoms. The molecule has 0 radical (unpaired) electrons. The predicted molar refractivity (Wildman–Crippen MR) is 76.4 cm³/mol. The molecular weight excluding hydrogens is 266 g/mol. The molecule has 1 heterocycles. The van der Waals surface area contributed by atoms with Crippen LogP contribution in [0.4, 0.5) is 5.69 Å². The Morgan fingerprint density at radius 3 is 2.95 bits per heavy atom. The van der Waals surface area contributed by atoms with Gasteiger partial charge >= 0.3 is 0 Å². The second-order valence-electron chi connectivity index (χ2n) is 4.63. The second-order valence-corrected chi connectivity index (χ2v) is 5.04. The lowest BCUT2D eigenvalue weighted by Gasteiger charge is -2.23. The SMILES string of the molecule is C#CCn1ncc(Cl)c(NCC(C)(O)CCC)c1=O. The zero-order valence-corrected chi connectivity index (χ0v) is 11.9. The van der Waals surface area contributed by atoms with Gasteiger partial charge in [0.15, 0.2) is 0 Å². The minimum atomic E-state index is -0.898. The van der Waals surface area contributed by atoms with Gasteiger partial charge in [0.05, 0.1) is 16.8 Å². The summed E-state index contributed by atoms with van der Waals surface area (Å²) in [7, 11) is 0. The quantitative estimate of drug-likeness (QED) is 0.777. The summed E-state index contributed by atoms with van der Waals surface area (Å²) in [4.78, 5) is 12.0. The molecule has 0 aliphatic carbocycles. The van der Waals surface area contributed by atoms with E-state index in [2.05, 4.69) is 16.3 Å². The van der Waals surface area contributed by atoms with Gasteiger partial charge in [0, 0.05) is 6.54 Å². The monoisotopic (exact) mass is 283 g/mol. The van der Waals surface area contributed by atoms with Crippen LogP contribution in [-0.4, -0.2) is 27.0 Å². The highest BCUT2D eigenvalue weighted by molar-refractivity contribution is 6.32. The largest absolute Gasteiger partial charge is 0.388 e. The highest BCUT2D eigenvalue weighted by Gasteiger charge is 2.20. The first-order valence-electron chi connectivity index (χ1n) is 6.06. The average molecular weight is 284 g/mol. The number of aromatic nitrogens is 2. The molecular formula is C13H18ClN3O2. The summed E-state index contributed by atoms with van der Waals surface area (Å²) >= 11 is 5.94. The van der Waals surface area contributed by atoms with Crippen molar-refractivity contribution in [1.29, 1.82) is 0 Å². The van der Waals surface area contributed by atoms with Crippen LogP contribution >= 0.6 is 11.6 Å². The molecule has 1 aromatic rings. The van der Waals surface area contributed by atoms with Crippen LogP contribution in [0, 0.1) is 12.3 Å². The molecule has 0 aromatic carbocycles. The van der Waals surface area contributed by atoms with Crippen molar-refractivity contribution in [3.63, 3.8) is 0 Å². The summed E-state index contributed by atoms with van der Waals surface area (Å²) < 4.78 is 1.14. The molecule has 0 bridgehead atoms. The summed E-state index contributed by atoms with van der Waals surface area (Å²) in [5.41, 5.74) is -1.08. The van der Waals surface area contributed by atoms with E-state index in [0.717, 1.165) is 11.1 Å². The van der Waals surface area contributed by atoms with Crippen LogP contribution in [0.15, 0.2) is 11.0 Å². The number of hydrogen-bond donors (Lipinski definition) is 2. The van der Waals surface area contributed by atoms with Crippen LogP contribution in [0.25, 0.3) is 0 Å². The molecule has 1 rings (SSSR count). The Labute approximate surface area is 117 Å².